The molecule has 0 unspecified atom stereocenters. The Morgan fingerprint density at radius 1 is 1.00 bits per heavy atom. The number of hydrogen-bond donors (Lipinski definition) is 2. The van der Waals surface area contributed by atoms with Crippen molar-refractivity contribution in [1.82, 2.24) is 14.8 Å². The minimum absolute atomic E-state index is 0.0294. The molecule has 3 aromatic rings. The Hall–Kier alpha value is -4.01. The van der Waals surface area contributed by atoms with E-state index in [1.165, 1.54) is 20.5 Å². The maximum absolute atomic E-state index is 13.5. The summed E-state index contributed by atoms with van der Waals surface area (Å²) in [7, 11) is 4.57. The predicted molar refractivity (Wildman–Crippen MR) is 120 cm³/mol. The maximum Gasteiger partial charge on any atom is 0.226 e. The van der Waals surface area contributed by atoms with Crippen LogP contribution in [0.5, 0.6) is 23.0 Å². The van der Waals surface area contributed by atoms with E-state index >= 15 is 0 Å². The van der Waals surface area contributed by atoms with Gasteiger partial charge in [-0.1, -0.05) is 12.1 Å². The molecule has 2 aromatic carbocycles. The summed E-state index contributed by atoms with van der Waals surface area (Å²) in [5.74, 6) is 1.81. The summed E-state index contributed by atoms with van der Waals surface area (Å²) in [5, 5.41) is 18.0. The molecule has 0 bridgehead atoms. The molecule has 1 aromatic heterocycles. The van der Waals surface area contributed by atoms with Gasteiger partial charge >= 0.3 is 0 Å². The molecule has 2 atom stereocenters. The Kier molecular flexibility index (Phi) is 5.16. The first-order valence-electron chi connectivity index (χ1n) is 10.6. The highest BCUT2D eigenvalue weighted by Crippen LogP contribution is 2.47. The predicted octanol–water partition coefficient (Wildman–Crippen LogP) is 3.43. The number of rotatable bonds is 5. The highest BCUT2D eigenvalue weighted by atomic mass is 16.5. The van der Waals surface area contributed by atoms with Gasteiger partial charge in [-0.2, -0.15) is 10.1 Å². The molecule has 2 aliphatic rings. The molecular formula is C24H24N4O5. The fraction of sp³-hybridized carbons (Fsp3) is 0.292. The summed E-state index contributed by atoms with van der Waals surface area (Å²) in [6.07, 6.45) is 2.48. The molecular weight excluding hydrogens is 424 g/mol. The van der Waals surface area contributed by atoms with Gasteiger partial charge in [0, 0.05) is 17.7 Å². The number of ketones is 1. The number of phenols is 1. The van der Waals surface area contributed by atoms with Gasteiger partial charge in [0.05, 0.1) is 21.3 Å². The maximum atomic E-state index is 13.5. The Bertz CT molecular complexity index is 1220. The van der Waals surface area contributed by atoms with Crippen LogP contribution in [0, 0.1) is 0 Å². The van der Waals surface area contributed by atoms with Crippen LogP contribution in [0.1, 0.15) is 35.9 Å². The second kappa shape index (κ2) is 8.16. The van der Waals surface area contributed by atoms with E-state index in [1.807, 2.05) is 24.3 Å². The van der Waals surface area contributed by atoms with E-state index in [1.54, 1.807) is 23.9 Å². The third-order valence-electron chi connectivity index (χ3n) is 6.27. The Morgan fingerprint density at radius 2 is 1.70 bits per heavy atom. The SMILES string of the molecule is COc1ccc([C@@H]2CC(=O)C3=C(C2)Nc2ncnn2[C@@H]3c2cc(OC)c(O)c(OC)c2)cc1. The van der Waals surface area contributed by atoms with Crippen molar-refractivity contribution in [3.8, 4) is 23.0 Å². The molecule has 5 rings (SSSR count). The normalized spacial score (nSPS) is 19.4. The first-order chi connectivity index (χ1) is 16.0. The zero-order valence-corrected chi connectivity index (χ0v) is 18.5. The molecule has 170 valence electrons. The smallest absolute Gasteiger partial charge is 0.226 e. The molecule has 0 saturated heterocycles. The minimum Gasteiger partial charge on any atom is -0.502 e. The highest BCUT2D eigenvalue weighted by molar-refractivity contribution is 6.00. The molecule has 1 aliphatic heterocycles. The summed E-state index contributed by atoms with van der Waals surface area (Å²) in [6, 6.07) is 10.7. The quantitative estimate of drug-likeness (QED) is 0.611. The number of Topliss-reactive ketones (excluding diaryl/α,β-unsaturated/α-hetero) is 1. The molecule has 0 radical (unpaired) electrons. The number of benzene rings is 2. The number of carbonyl (C=O) groups is 1. The van der Waals surface area contributed by atoms with Gasteiger partial charge in [-0.15, -0.1) is 0 Å². The summed E-state index contributed by atoms with van der Waals surface area (Å²) < 4.78 is 17.6. The second-order valence-electron chi connectivity index (χ2n) is 8.02. The van der Waals surface area contributed by atoms with Gasteiger partial charge in [-0.3, -0.25) is 4.79 Å². The van der Waals surface area contributed by atoms with Gasteiger partial charge in [0.15, 0.2) is 17.3 Å². The third kappa shape index (κ3) is 3.45. The van der Waals surface area contributed by atoms with E-state index in [-0.39, 0.29) is 28.9 Å². The van der Waals surface area contributed by atoms with Gasteiger partial charge < -0.3 is 24.6 Å². The van der Waals surface area contributed by atoms with Crippen LogP contribution >= 0.6 is 0 Å². The number of nitrogens with zero attached hydrogens (tertiary/aromatic N) is 3. The number of methoxy groups -OCH3 is 3. The van der Waals surface area contributed by atoms with E-state index in [0.29, 0.717) is 29.9 Å². The number of nitrogens with one attached hydrogen (secondary N) is 1. The summed E-state index contributed by atoms with van der Waals surface area (Å²) in [6.45, 7) is 0. The molecule has 0 saturated carbocycles. The van der Waals surface area contributed by atoms with Gasteiger partial charge in [-0.25, -0.2) is 4.68 Å². The van der Waals surface area contributed by atoms with Crippen LogP contribution < -0.4 is 19.5 Å². The number of fused-ring (bicyclic) bond motifs is 1. The summed E-state index contributed by atoms with van der Waals surface area (Å²) >= 11 is 0. The Morgan fingerprint density at radius 3 is 2.33 bits per heavy atom. The number of ether oxygens (including phenoxy) is 3. The van der Waals surface area contributed by atoms with Gasteiger partial charge in [0.25, 0.3) is 0 Å². The average molecular weight is 448 g/mol. The highest BCUT2D eigenvalue weighted by Gasteiger charge is 2.39. The van der Waals surface area contributed by atoms with E-state index in [4.69, 9.17) is 14.2 Å². The molecule has 2 heterocycles. The van der Waals surface area contributed by atoms with Crippen LogP contribution in [0.25, 0.3) is 0 Å². The Balaban J connectivity index is 1.59. The Labute approximate surface area is 190 Å². The number of hydrogen-bond acceptors (Lipinski definition) is 8. The first-order valence-corrected chi connectivity index (χ1v) is 10.6. The van der Waals surface area contributed by atoms with Crippen LogP contribution in [-0.4, -0.2) is 47.0 Å². The second-order valence-corrected chi connectivity index (χ2v) is 8.02. The molecule has 9 nitrogen and oxygen atoms in total. The molecule has 33 heavy (non-hydrogen) atoms. The number of aromatic hydroxyl groups is 1. The largest absolute Gasteiger partial charge is 0.502 e. The summed E-state index contributed by atoms with van der Waals surface area (Å²) in [4.78, 5) is 17.9. The number of aromatic nitrogens is 3. The monoisotopic (exact) mass is 448 g/mol. The van der Waals surface area contributed by atoms with Crippen molar-refractivity contribution in [2.75, 3.05) is 26.6 Å². The van der Waals surface area contributed by atoms with Gasteiger partial charge in [0.2, 0.25) is 11.7 Å². The van der Waals surface area contributed by atoms with E-state index in [9.17, 15) is 9.90 Å². The standard InChI is InChI=1S/C24H24N4O5/c1-31-16-6-4-13(5-7-16)14-8-17-21(18(29)9-14)22(28-24(27-17)25-12-26-28)15-10-19(32-2)23(30)20(11-15)33-3/h4-7,10-12,14,22,30H,8-9H2,1-3H3,(H,25,26,27)/t14-,22+/m0/s1. The van der Waals surface area contributed by atoms with Crippen molar-refractivity contribution in [1.29, 1.82) is 0 Å². The molecule has 1 aliphatic carbocycles. The van der Waals surface area contributed by atoms with Crippen LogP contribution in [0.3, 0.4) is 0 Å². The topological polar surface area (TPSA) is 108 Å². The van der Waals surface area contributed by atoms with E-state index < -0.39 is 6.04 Å². The molecule has 9 heteroatoms. The van der Waals surface area contributed by atoms with Crippen LogP contribution in [-0.2, 0) is 4.79 Å². The lowest BCUT2D eigenvalue weighted by Gasteiger charge is -2.35. The van der Waals surface area contributed by atoms with Gasteiger partial charge in [0.1, 0.15) is 18.1 Å². The number of anilines is 1. The number of carbonyl (C=O) groups excluding carboxylic acids is 1. The fourth-order valence-electron chi connectivity index (χ4n) is 4.64. The molecule has 0 spiro atoms. The summed E-state index contributed by atoms with van der Waals surface area (Å²) in [5.41, 5.74) is 3.24. The lowest BCUT2D eigenvalue weighted by molar-refractivity contribution is -0.116. The third-order valence-corrected chi connectivity index (χ3v) is 6.27. The number of allylic oxidation sites excluding steroid dienone is 2. The fourth-order valence-corrected chi connectivity index (χ4v) is 4.64. The van der Waals surface area contributed by atoms with Crippen molar-refractivity contribution in [3.63, 3.8) is 0 Å². The van der Waals surface area contributed by atoms with Gasteiger partial charge in [-0.05, 0) is 47.7 Å². The molecule has 0 fully saturated rings. The van der Waals surface area contributed by atoms with Crippen molar-refractivity contribution >= 4 is 11.7 Å². The average Bonchev–Trinajstić information content (AvgIpc) is 3.31. The van der Waals surface area contributed by atoms with Crippen LogP contribution in [0.2, 0.25) is 0 Å². The van der Waals surface area contributed by atoms with Crippen molar-refractivity contribution in [2.45, 2.75) is 24.8 Å². The lowest BCUT2D eigenvalue weighted by Crippen LogP contribution is -2.33. The van der Waals surface area contributed by atoms with Crippen molar-refractivity contribution < 1.29 is 24.1 Å². The molecule has 0 amide bonds. The van der Waals surface area contributed by atoms with Crippen LogP contribution in [0.4, 0.5) is 5.95 Å². The zero-order chi connectivity index (χ0) is 23.1. The molecule has 2 N–H and O–H groups in total. The zero-order valence-electron chi connectivity index (χ0n) is 18.5. The van der Waals surface area contributed by atoms with E-state index in [0.717, 1.165) is 17.0 Å². The van der Waals surface area contributed by atoms with Crippen molar-refractivity contribution in [3.05, 3.63) is 65.1 Å². The number of phenolic OH excluding ortho intramolecular Hbond substituents is 1. The van der Waals surface area contributed by atoms with Crippen LogP contribution in [0.15, 0.2) is 54.0 Å². The lowest BCUT2D eigenvalue weighted by atomic mass is 9.78. The van der Waals surface area contributed by atoms with Crippen molar-refractivity contribution in [2.24, 2.45) is 0 Å². The minimum atomic E-state index is -0.522. The van der Waals surface area contributed by atoms with E-state index in [2.05, 4.69) is 15.4 Å². The first kappa shape index (κ1) is 20.9.